The highest BCUT2D eigenvalue weighted by molar-refractivity contribution is 5.70. The molecule has 0 aromatic heterocycles. The first-order valence-electron chi connectivity index (χ1n) is 4.37. The molecule has 0 bridgehead atoms. The lowest BCUT2D eigenvalue weighted by molar-refractivity contribution is -0.140. The molecule has 0 aliphatic heterocycles. The highest BCUT2D eigenvalue weighted by Crippen LogP contribution is 1.98. The van der Waals surface area contributed by atoms with Crippen LogP contribution in [0.3, 0.4) is 0 Å². The highest BCUT2D eigenvalue weighted by Gasteiger charge is 1.96. The van der Waals surface area contributed by atoms with Crippen LogP contribution >= 0.6 is 0 Å². The Kier molecular flexibility index (Phi) is 12.2. The van der Waals surface area contributed by atoms with Gasteiger partial charge < -0.3 is 10.5 Å². The molecule has 0 fully saturated rings. The minimum absolute atomic E-state index is 0.0940. The number of ether oxygens (including phenoxy) is 1. The summed E-state index contributed by atoms with van der Waals surface area (Å²) in [4.78, 5) is 19.7. The van der Waals surface area contributed by atoms with E-state index in [0.29, 0.717) is 6.42 Å². The zero-order valence-electron chi connectivity index (χ0n) is 8.63. The molecule has 0 rings (SSSR count). The van der Waals surface area contributed by atoms with Gasteiger partial charge in [0.1, 0.15) is 0 Å². The molecule has 0 saturated heterocycles. The largest absolute Gasteiger partial charge is 0.469 e. The topological polar surface area (TPSA) is 69.4 Å². The van der Waals surface area contributed by atoms with Crippen LogP contribution in [0.2, 0.25) is 0 Å². The van der Waals surface area contributed by atoms with Gasteiger partial charge in [-0.1, -0.05) is 19.8 Å². The van der Waals surface area contributed by atoms with Crippen LogP contribution in [0.25, 0.3) is 0 Å². The van der Waals surface area contributed by atoms with Crippen molar-refractivity contribution in [1.82, 2.24) is 0 Å². The lowest BCUT2D eigenvalue weighted by atomic mass is 10.2. The molecule has 13 heavy (non-hydrogen) atoms. The molecule has 2 N–H and O–H groups in total. The van der Waals surface area contributed by atoms with Crippen molar-refractivity contribution in [2.75, 3.05) is 7.11 Å². The maximum absolute atomic E-state index is 10.5. The number of carbonyl (C=O) groups is 2. The summed E-state index contributed by atoms with van der Waals surface area (Å²) in [6.45, 7) is 3.41. The minimum atomic E-state index is -0.333. The van der Waals surface area contributed by atoms with Crippen molar-refractivity contribution in [2.45, 2.75) is 39.5 Å². The third kappa shape index (κ3) is 24.8. The fourth-order valence-electron chi connectivity index (χ4n) is 0.621. The van der Waals surface area contributed by atoms with Crippen LogP contribution in [-0.2, 0) is 14.3 Å². The van der Waals surface area contributed by atoms with Crippen molar-refractivity contribution in [3.8, 4) is 0 Å². The Labute approximate surface area is 79.4 Å². The van der Waals surface area contributed by atoms with Crippen molar-refractivity contribution in [2.24, 2.45) is 5.73 Å². The van der Waals surface area contributed by atoms with Crippen LogP contribution in [0.4, 0.5) is 0 Å². The van der Waals surface area contributed by atoms with E-state index in [2.05, 4.69) is 17.4 Å². The van der Waals surface area contributed by atoms with Crippen LogP contribution in [0.5, 0.6) is 0 Å². The Morgan fingerprint density at radius 1 is 1.31 bits per heavy atom. The monoisotopic (exact) mass is 189 g/mol. The molecular weight excluding hydrogens is 170 g/mol. The number of carbonyl (C=O) groups excluding carboxylic acids is 2. The van der Waals surface area contributed by atoms with Crippen molar-refractivity contribution in [3.63, 3.8) is 0 Å². The Morgan fingerprint density at radius 2 is 1.77 bits per heavy atom. The first-order chi connectivity index (χ1) is 6.04. The Hall–Kier alpha value is -1.06. The number of rotatable bonds is 4. The molecule has 0 heterocycles. The smallest absolute Gasteiger partial charge is 0.305 e. The Morgan fingerprint density at radius 3 is 2.08 bits per heavy atom. The second kappa shape index (κ2) is 10.9. The van der Waals surface area contributed by atoms with Gasteiger partial charge >= 0.3 is 5.97 Å². The standard InChI is InChI=1S/C7H14O2.C2H5NO/c1-3-4-5-6-7(8)9-2;1-2(3)4/h3-6H2,1-2H3;1H3,(H2,3,4). The molecule has 0 saturated carbocycles. The van der Waals surface area contributed by atoms with Crippen LogP contribution in [0, 0.1) is 0 Å². The van der Waals surface area contributed by atoms with Crippen molar-refractivity contribution >= 4 is 11.9 Å². The number of methoxy groups -OCH3 is 1. The SMILES string of the molecule is CC(N)=O.CCCCCC(=O)OC. The average molecular weight is 189 g/mol. The Balaban J connectivity index is 0. The molecule has 0 aromatic carbocycles. The van der Waals surface area contributed by atoms with Crippen molar-refractivity contribution in [1.29, 1.82) is 0 Å². The molecule has 0 unspecified atom stereocenters. The third-order valence-corrected chi connectivity index (χ3v) is 1.21. The van der Waals surface area contributed by atoms with Crippen molar-refractivity contribution < 1.29 is 14.3 Å². The molecular formula is C9H19NO3. The van der Waals surface area contributed by atoms with E-state index in [9.17, 15) is 9.59 Å². The van der Waals surface area contributed by atoms with E-state index in [1.807, 2.05) is 0 Å². The zero-order valence-corrected chi connectivity index (χ0v) is 8.63. The zero-order chi connectivity index (χ0) is 10.7. The second-order valence-corrected chi connectivity index (χ2v) is 2.64. The first kappa shape index (κ1) is 14.5. The molecule has 0 spiro atoms. The number of hydrogen-bond acceptors (Lipinski definition) is 3. The van der Waals surface area contributed by atoms with E-state index in [4.69, 9.17) is 0 Å². The maximum atomic E-state index is 10.5. The molecule has 0 aromatic rings. The van der Waals surface area contributed by atoms with Crippen LogP contribution in [0.15, 0.2) is 0 Å². The summed E-state index contributed by atoms with van der Waals surface area (Å²) >= 11 is 0. The van der Waals surface area contributed by atoms with Gasteiger partial charge in [-0.2, -0.15) is 0 Å². The van der Waals surface area contributed by atoms with E-state index in [1.54, 1.807) is 0 Å². The van der Waals surface area contributed by atoms with Gasteiger partial charge in [0.05, 0.1) is 7.11 Å². The minimum Gasteiger partial charge on any atom is -0.469 e. The number of unbranched alkanes of at least 4 members (excludes halogenated alkanes) is 2. The quantitative estimate of drug-likeness (QED) is 0.534. The molecule has 0 aliphatic rings. The summed E-state index contributed by atoms with van der Waals surface area (Å²) < 4.78 is 4.46. The first-order valence-corrected chi connectivity index (χ1v) is 4.37. The van der Waals surface area contributed by atoms with Gasteiger partial charge in [0, 0.05) is 13.3 Å². The lowest BCUT2D eigenvalue weighted by Gasteiger charge is -1.95. The molecule has 78 valence electrons. The van der Waals surface area contributed by atoms with Gasteiger partial charge in [0.25, 0.3) is 0 Å². The molecule has 4 heteroatoms. The Bertz CT molecular complexity index is 142. The predicted molar refractivity (Wildman–Crippen MR) is 51.0 cm³/mol. The summed E-state index contributed by atoms with van der Waals surface area (Å²) in [5.74, 6) is -0.427. The summed E-state index contributed by atoms with van der Waals surface area (Å²) in [6.07, 6.45) is 3.81. The van der Waals surface area contributed by atoms with E-state index in [-0.39, 0.29) is 11.9 Å². The number of hydrogen-bond donors (Lipinski definition) is 1. The van der Waals surface area contributed by atoms with Gasteiger partial charge in [-0.3, -0.25) is 9.59 Å². The second-order valence-electron chi connectivity index (χ2n) is 2.64. The fourth-order valence-corrected chi connectivity index (χ4v) is 0.621. The summed E-state index contributed by atoms with van der Waals surface area (Å²) in [5.41, 5.74) is 4.47. The fraction of sp³-hybridized carbons (Fsp3) is 0.778. The van der Waals surface area contributed by atoms with Crippen LogP contribution < -0.4 is 5.73 Å². The number of esters is 1. The lowest BCUT2D eigenvalue weighted by Crippen LogP contribution is -2.01. The van der Waals surface area contributed by atoms with Gasteiger partial charge in [-0.05, 0) is 6.42 Å². The van der Waals surface area contributed by atoms with Gasteiger partial charge in [0.15, 0.2) is 0 Å². The highest BCUT2D eigenvalue weighted by atomic mass is 16.5. The summed E-state index contributed by atoms with van der Waals surface area (Å²) in [5, 5.41) is 0. The van der Waals surface area contributed by atoms with Crippen LogP contribution in [-0.4, -0.2) is 19.0 Å². The van der Waals surface area contributed by atoms with Crippen molar-refractivity contribution in [3.05, 3.63) is 0 Å². The third-order valence-electron chi connectivity index (χ3n) is 1.21. The number of primary amides is 1. The van der Waals surface area contributed by atoms with Gasteiger partial charge in [-0.15, -0.1) is 0 Å². The summed E-state index contributed by atoms with van der Waals surface area (Å²) in [7, 11) is 1.42. The molecule has 1 amide bonds. The molecule has 4 nitrogen and oxygen atoms in total. The van der Waals surface area contributed by atoms with Gasteiger partial charge in [-0.25, -0.2) is 0 Å². The average Bonchev–Trinajstić information content (AvgIpc) is 2.03. The molecule has 0 radical (unpaired) electrons. The molecule has 0 aliphatic carbocycles. The van der Waals surface area contributed by atoms with E-state index >= 15 is 0 Å². The van der Waals surface area contributed by atoms with Crippen LogP contribution in [0.1, 0.15) is 39.5 Å². The van der Waals surface area contributed by atoms with E-state index < -0.39 is 0 Å². The van der Waals surface area contributed by atoms with E-state index in [0.717, 1.165) is 19.3 Å². The number of amides is 1. The number of nitrogens with two attached hydrogens (primary N) is 1. The molecule has 0 atom stereocenters. The van der Waals surface area contributed by atoms with Gasteiger partial charge in [0.2, 0.25) is 5.91 Å². The van der Waals surface area contributed by atoms with E-state index in [1.165, 1.54) is 14.0 Å². The summed E-state index contributed by atoms with van der Waals surface area (Å²) in [6, 6.07) is 0. The predicted octanol–water partition coefficient (Wildman–Crippen LogP) is 1.23. The normalized spacial score (nSPS) is 8.23. The maximum Gasteiger partial charge on any atom is 0.305 e.